The summed E-state index contributed by atoms with van der Waals surface area (Å²) in [5, 5.41) is 0. The Morgan fingerprint density at radius 3 is 2.67 bits per heavy atom. The highest BCUT2D eigenvalue weighted by Crippen LogP contribution is 2.19. The van der Waals surface area contributed by atoms with Gasteiger partial charge in [-0.1, -0.05) is 6.07 Å². The summed E-state index contributed by atoms with van der Waals surface area (Å²) < 4.78 is 19.2. The standard InChI is InChI=1S/C18H26BrFN2O2/c1-13-12-21(8-7-14-5-6-16(20)15(19)11-14)9-10-22(13)17(23)24-18(2,3)4/h5-6,11,13H,7-10,12H2,1-4H3. The molecule has 0 bridgehead atoms. The van der Waals surface area contributed by atoms with Crippen LogP contribution in [-0.4, -0.2) is 53.7 Å². The molecule has 4 nitrogen and oxygen atoms in total. The zero-order valence-corrected chi connectivity index (χ0v) is 16.4. The fourth-order valence-corrected chi connectivity index (χ4v) is 3.24. The van der Waals surface area contributed by atoms with E-state index in [-0.39, 0.29) is 18.0 Å². The highest BCUT2D eigenvalue weighted by molar-refractivity contribution is 9.10. The third-order valence-electron chi connectivity index (χ3n) is 4.04. The van der Waals surface area contributed by atoms with E-state index in [0.717, 1.165) is 31.6 Å². The zero-order chi connectivity index (χ0) is 17.9. The minimum absolute atomic E-state index is 0.119. The van der Waals surface area contributed by atoms with E-state index in [1.165, 1.54) is 6.07 Å². The van der Waals surface area contributed by atoms with Crippen LogP contribution in [0.2, 0.25) is 0 Å². The minimum atomic E-state index is -0.468. The molecule has 1 fully saturated rings. The maximum absolute atomic E-state index is 13.3. The molecule has 0 spiro atoms. The summed E-state index contributed by atoms with van der Waals surface area (Å²) >= 11 is 3.22. The van der Waals surface area contributed by atoms with Gasteiger partial charge >= 0.3 is 6.09 Å². The van der Waals surface area contributed by atoms with Crippen molar-refractivity contribution in [3.63, 3.8) is 0 Å². The molecule has 1 aromatic carbocycles. The van der Waals surface area contributed by atoms with Gasteiger partial charge in [0.25, 0.3) is 0 Å². The van der Waals surface area contributed by atoms with Crippen LogP contribution in [0.15, 0.2) is 22.7 Å². The second kappa shape index (κ2) is 7.83. The highest BCUT2D eigenvalue weighted by atomic mass is 79.9. The summed E-state index contributed by atoms with van der Waals surface area (Å²) in [6, 6.07) is 5.26. The van der Waals surface area contributed by atoms with Gasteiger partial charge in [-0.05, 0) is 67.7 Å². The first-order chi connectivity index (χ1) is 11.2. The van der Waals surface area contributed by atoms with E-state index in [0.29, 0.717) is 11.0 Å². The lowest BCUT2D eigenvalue weighted by molar-refractivity contribution is 0.00163. The second-order valence-electron chi connectivity index (χ2n) is 7.32. The molecule has 1 aliphatic rings. The van der Waals surface area contributed by atoms with Gasteiger partial charge in [0.15, 0.2) is 0 Å². The molecule has 1 unspecified atom stereocenters. The van der Waals surface area contributed by atoms with Gasteiger partial charge in [-0.2, -0.15) is 0 Å². The molecule has 1 atom stereocenters. The fourth-order valence-electron chi connectivity index (χ4n) is 2.81. The number of carbonyl (C=O) groups is 1. The van der Waals surface area contributed by atoms with Crippen LogP contribution in [0.3, 0.4) is 0 Å². The van der Waals surface area contributed by atoms with Crippen molar-refractivity contribution in [1.29, 1.82) is 0 Å². The Labute approximate surface area is 152 Å². The van der Waals surface area contributed by atoms with Gasteiger partial charge in [0.1, 0.15) is 11.4 Å². The quantitative estimate of drug-likeness (QED) is 0.766. The highest BCUT2D eigenvalue weighted by Gasteiger charge is 2.30. The first-order valence-corrected chi connectivity index (χ1v) is 9.11. The molecule has 0 radical (unpaired) electrons. The van der Waals surface area contributed by atoms with Gasteiger partial charge in [-0.15, -0.1) is 0 Å². The lowest BCUT2D eigenvalue weighted by atomic mass is 10.1. The van der Waals surface area contributed by atoms with E-state index in [9.17, 15) is 9.18 Å². The monoisotopic (exact) mass is 400 g/mol. The van der Waals surface area contributed by atoms with Crippen LogP contribution in [0.5, 0.6) is 0 Å². The van der Waals surface area contributed by atoms with Crippen LogP contribution in [0.4, 0.5) is 9.18 Å². The largest absolute Gasteiger partial charge is 0.444 e. The average molecular weight is 401 g/mol. The molecule has 24 heavy (non-hydrogen) atoms. The molecular weight excluding hydrogens is 375 g/mol. The van der Waals surface area contributed by atoms with Crippen LogP contribution >= 0.6 is 15.9 Å². The second-order valence-corrected chi connectivity index (χ2v) is 8.18. The topological polar surface area (TPSA) is 32.8 Å². The summed E-state index contributed by atoms with van der Waals surface area (Å²) in [6.45, 7) is 10.9. The van der Waals surface area contributed by atoms with Crippen molar-refractivity contribution in [1.82, 2.24) is 9.80 Å². The smallest absolute Gasteiger partial charge is 0.410 e. The number of rotatable bonds is 3. The Hall–Kier alpha value is -1.14. The Balaban J connectivity index is 1.84. The molecule has 6 heteroatoms. The van der Waals surface area contributed by atoms with Crippen molar-refractivity contribution < 1.29 is 13.9 Å². The van der Waals surface area contributed by atoms with Gasteiger partial charge in [-0.3, -0.25) is 4.90 Å². The number of halogens is 2. The zero-order valence-electron chi connectivity index (χ0n) is 14.8. The van der Waals surface area contributed by atoms with E-state index in [1.54, 1.807) is 4.90 Å². The van der Waals surface area contributed by atoms with E-state index < -0.39 is 5.60 Å². The predicted molar refractivity (Wildman–Crippen MR) is 96.6 cm³/mol. The lowest BCUT2D eigenvalue weighted by Gasteiger charge is -2.40. The van der Waals surface area contributed by atoms with Crippen molar-refractivity contribution in [2.45, 2.75) is 45.8 Å². The van der Waals surface area contributed by atoms with E-state index >= 15 is 0 Å². The van der Waals surface area contributed by atoms with E-state index in [4.69, 9.17) is 4.74 Å². The van der Waals surface area contributed by atoms with Crippen molar-refractivity contribution in [2.24, 2.45) is 0 Å². The molecule has 0 aliphatic carbocycles. The van der Waals surface area contributed by atoms with Crippen LogP contribution < -0.4 is 0 Å². The Bertz CT molecular complexity index is 589. The van der Waals surface area contributed by atoms with Crippen molar-refractivity contribution in [3.05, 3.63) is 34.1 Å². The first kappa shape index (κ1) is 19.2. The molecule has 0 aromatic heterocycles. The molecule has 1 aliphatic heterocycles. The SMILES string of the molecule is CC1CN(CCc2ccc(F)c(Br)c2)CCN1C(=O)OC(C)(C)C. The number of amides is 1. The number of ether oxygens (including phenoxy) is 1. The minimum Gasteiger partial charge on any atom is -0.444 e. The van der Waals surface area contributed by atoms with Crippen LogP contribution in [0.1, 0.15) is 33.3 Å². The third-order valence-corrected chi connectivity index (χ3v) is 4.65. The van der Waals surface area contributed by atoms with Crippen LogP contribution in [0, 0.1) is 5.82 Å². The predicted octanol–water partition coefficient (Wildman–Crippen LogP) is 4.07. The molecular formula is C18H26BrFN2O2. The maximum atomic E-state index is 13.3. The molecule has 134 valence electrons. The number of piperazine rings is 1. The molecule has 1 heterocycles. The molecule has 0 saturated carbocycles. The van der Waals surface area contributed by atoms with Crippen molar-refractivity contribution >= 4 is 22.0 Å². The van der Waals surface area contributed by atoms with Gasteiger partial charge in [0, 0.05) is 32.2 Å². The summed E-state index contributed by atoms with van der Waals surface area (Å²) in [5.41, 5.74) is 0.634. The number of hydrogen-bond acceptors (Lipinski definition) is 3. The Morgan fingerprint density at radius 2 is 2.08 bits per heavy atom. The van der Waals surface area contributed by atoms with Gasteiger partial charge in [0.05, 0.1) is 4.47 Å². The maximum Gasteiger partial charge on any atom is 0.410 e. The average Bonchev–Trinajstić information content (AvgIpc) is 2.46. The van der Waals surface area contributed by atoms with E-state index in [2.05, 4.69) is 20.8 Å². The van der Waals surface area contributed by atoms with Gasteiger partial charge < -0.3 is 9.64 Å². The molecule has 1 aromatic rings. The number of nitrogens with zero attached hydrogens (tertiary/aromatic N) is 2. The molecule has 1 amide bonds. The van der Waals surface area contributed by atoms with Crippen LogP contribution in [-0.2, 0) is 11.2 Å². The number of benzene rings is 1. The number of carbonyl (C=O) groups excluding carboxylic acids is 1. The van der Waals surface area contributed by atoms with Crippen LogP contribution in [0.25, 0.3) is 0 Å². The van der Waals surface area contributed by atoms with Crippen molar-refractivity contribution in [2.75, 3.05) is 26.2 Å². The summed E-state index contributed by atoms with van der Waals surface area (Å²) in [5.74, 6) is -0.238. The van der Waals surface area contributed by atoms with Crippen molar-refractivity contribution in [3.8, 4) is 0 Å². The fraction of sp³-hybridized carbons (Fsp3) is 0.611. The number of hydrogen-bond donors (Lipinski definition) is 0. The molecule has 2 rings (SSSR count). The van der Waals surface area contributed by atoms with Gasteiger partial charge in [-0.25, -0.2) is 9.18 Å². The summed E-state index contributed by atoms with van der Waals surface area (Å²) in [4.78, 5) is 16.4. The van der Waals surface area contributed by atoms with E-state index in [1.807, 2.05) is 39.8 Å². The molecule has 0 N–H and O–H groups in total. The molecule has 1 saturated heterocycles. The summed E-state index contributed by atoms with van der Waals surface area (Å²) in [7, 11) is 0. The lowest BCUT2D eigenvalue weighted by Crippen LogP contribution is -2.55. The Kier molecular flexibility index (Phi) is 6.26. The van der Waals surface area contributed by atoms with Gasteiger partial charge in [0.2, 0.25) is 0 Å². The third kappa shape index (κ3) is 5.45. The normalized spacial score (nSPS) is 19.4. The first-order valence-electron chi connectivity index (χ1n) is 8.31. The Morgan fingerprint density at radius 1 is 1.38 bits per heavy atom. The summed E-state index contributed by atoms with van der Waals surface area (Å²) in [6.07, 6.45) is 0.620.